The molecule has 0 fully saturated rings. The topological polar surface area (TPSA) is 76.2 Å². The van der Waals surface area contributed by atoms with Crippen LogP contribution in [0.3, 0.4) is 0 Å². The molecule has 0 bridgehead atoms. The number of furan rings is 1. The first-order valence-corrected chi connectivity index (χ1v) is 18.4. The summed E-state index contributed by atoms with van der Waals surface area (Å²) in [6.45, 7) is 16.9. The number of benzene rings is 2. The van der Waals surface area contributed by atoms with E-state index in [9.17, 15) is 9.90 Å². The van der Waals surface area contributed by atoms with Crippen LogP contribution >= 0.6 is 11.3 Å². The molecule has 0 spiro atoms. The summed E-state index contributed by atoms with van der Waals surface area (Å²) in [4.78, 5) is 23.8. The van der Waals surface area contributed by atoms with Crippen molar-refractivity contribution in [2.45, 2.75) is 87.5 Å². The molecule has 4 aromatic heterocycles. The fourth-order valence-electron chi connectivity index (χ4n) is 6.35. The van der Waals surface area contributed by atoms with E-state index in [1.54, 1.807) is 0 Å². The molecule has 6 aromatic rings. The van der Waals surface area contributed by atoms with Crippen molar-refractivity contribution in [1.29, 1.82) is 0 Å². The summed E-state index contributed by atoms with van der Waals surface area (Å²) in [5.41, 5.74) is 5.54. The van der Waals surface area contributed by atoms with Crippen LogP contribution in [0.15, 0.2) is 83.1 Å². The summed E-state index contributed by atoms with van der Waals surface area (Å²) in [6, 6.07) is 24.8. The predicted octanol–water partition coefficient (Wildman–Crippen LogP) is 12.5. The average molecular weight is 866 g/mol. The Morgan fingerprint density at radius 3 is 2.32 bits per heavy atom. The number of hydrogen-bond acceptors (Lipinski definition) is 6. The Morgan fingerprint density at radius 1 is 0.940 bits per heavy atom. The maximum Gasteiger partial charge on any atom is 0.218 e. The van der Waals surface area contributed by atoms with Crippen molar-refractivity contribution in [3.8, 4) is 21.7 Å². The second kappa shape index (κ2) is 17.0. The molecule has 0 saturated carbocycles. The molecular formula is C43H49IrN2O3S-. The Morgan fingerprint density at radius 2 is 1.64 bits per heavy atom. The fraction of sp³-hybridized carbons (Fsp3) is 0.372. The minimum Gasteiger partial charge on any atom is -0.512 e. The van der Waals surface area contributed by atoms with E-state index in [0.29, 0.717) is 5.71 Å². The molecule has 0 aliphatic rings. The number of rotatable bonds is 10. The normalized spacial score (nSPS) is 12.1. The van der Waals surface area contributed by atoms with Gasteiger partial charge in [-0.1, -0.05) is 83.7 Å². The number of aliphatic hydroxyl groups is 1. The number of aromatic nitrogens is 2. The van der Waals surface area contributed by atoms with E-state index in [0.717, 1.165) is 81.7 Å². The van der Waals surface area contributed by atoms with E-state index < -0.39 is 0 Å². The molecule has 0 saturated heterocycles. The van der Waals surface area contributed by atoms with E-state index in [-0.39, 0.29) is 48.9 Å². The van der Waals surface area contributed by atoms with Gasteiger partial charge >= 0.3 is 0 Å². The van der Waals surface area contributed by atoms with E-state index in [1.165, 1.54) is 15.8 Å². The van der Waals surface area contributed by atoms with Gasteiger partial charge in [-0.3, -0.25) is 9.78 Å². The van der Waals surface area contributed by atoms with Gasteiger partial charge in [-0.25, -0.2) is 4.98 Å². The van der Waals surface area contributed by atoms with Crippen LogP contribution < -0.4 is 0 Å². The molecule has 7 heteroatoms. The van der Waals surface area contributed by atoms with Gasteiger partial charge in [0.05, 0.1) is 11.3 Å². The molecule has 0 atom stereocenters. The third-order valence-corrected chi connectivity index (χ3v) is 10.3. The third kappa shape index (κ3) is 8.98. The smallest absolute Gasteiger partial charge is 0.218 e. The Kier molecular flexibility index (Phi) is 13.3. The number of pyridine rings is 2. The number of fused-ring (bicyclic) bond motifs is 5. The minimum atomic E-state index is 0. The summed E-state index contributed by atoms with van der Waals surface area (Å²) in [7, 11) is 0. The molecule has 0 aliphatic carbocycles. The zero-order chi connectivity index (χ0) is 35.3. The molecule has 2 aromatic carbocycles. The zero-order valence-electron chi connectivity index (χ0n) is 30.5. The Bertz CT molecular complexity index is 2090. The van der Waals surface area contributed by atoms with Crippen molar-refractivity contribution >= 4 is 50.0 Å². The maximum absolute atomic E-state index is 11.7. The standard InChI is InChI=1S/C30H25N2OS.C13H24O2.Ir/c1-18-9-11-23-27-22-8-6-5-7-19(22)15-24(28(27)33-29(23)32-18)25-16-20(13-14-31-25)26-12-10-21(34-26)17-30(2,3)4;1-5-10(6-2)12(14)9-13(15)11(7-3)8-4;/h5-14,16H,17H2,1-4H3;9-11,14H,5-8H2,1-4H3;/q-1;;/b;12-9-;. The van der Waals surface area contributed by atoms with E-state index >= 15 is 0 Å². The van der Waals surface area contributed by atoms with Gasteiger partial charge in [-0.2, -0.15) is 0 Å². The number of carbonyl (C=O) groups excluding carboxylic acids is 1. The van der Waals surface area contributed by atoms with Gasteiger partial charge in [0.2, 0.25) is 5.71 Å². The monoisotopic (exact) mass is 866 g/mol. The minimum absolute atomic E-state index is 0. The van der Waals surface area contributed by atoms with Crippen molar-refractivity contribution in [3.63, 3.8) is 0 Å². The van der Waals surface area contributed by atoms with Gasteiger partial charge in [0.1, 0.15) is 0 Å². The van der Waals surface area contributed by atoms with Crippen LogP contribution in [0, 0.1) is 30.2 Å². The molecule has 50 heavy (non-hydrogen) atoms. The van der Waals surface area contributed by atoms with Crippen molar-refractivity contribution in [2.24, 2.45) is 17.3 Å². The SMILES string of the molecule is CCC(CC)C(=O)/C=C(\O)C(CC)CC.Cc1ccc2c(n1)oc1c(-c3cc(-c4ccc(CC(C)(C)C)s4)ccn3)[c-]c3ccccc3c12.[Ir]. The summed E-state index contributed by atoms with van der Waals surface area (Å²) < 4.78 is 6.35. The van der Waals surface area contributed by atoms with E-state index in [1.807, 2.05) is 64.3 Å². The van der Waals surface area contributed by atoms with Crippen molar-refractivity contribution in [1.82, 2.24) is 9.97 Å². The molecule has 1 radical (unpaired) electrons. The molecule has 1 N–H and O–H groups in total. The Hall–Kier alpha value is -3.64. The van der Waals surface area contributed by atoms with E-state index in [2.05, 4.69) is 80.4 Å². The number of aryl methyl sites for hydroxylation is 1. The van der Waals surface area contributed by atoms with Crippen LogP contribution in [0.25, 0.3) is 54.5 Å². The Labute approximate surface area is 314 Å². The van der Waals surface area contributed by atoms with Crippen LogP contribution in [0.2, 0.25) is 0 Å². The first-order chi connectivity index (χ1) is 23.5. The first kappa shape index (κ1) is 39.2. The number of carbonyl (C=O) groups is 1. The number of hydrogen-bond donors (Lipinski definition) is 1. The van der Waals surface area contributed by atoms with Crippen molar-refractivity contribution in [3.05, 3.63) is 95.3 Å². The summed E-state index contributed by atoms with van der Waals surface area (Å²) in [5.74, 6) is 0.547. The van der Waals surface area contributed by atoms with Crippen LogP contribution in [-0.4, -0.2) is 20.9 Å². The second-order valence-electron chi connectivity index (χ2n) is 14.1. The van der Waals surface area contributed by atoms with Gasteiger partial charge in [0.25, 0.3) is 0 Å². The number of aliphatic hydroxyl groups excluding tert-OH is 1. The first-order valence-electron chi connectivity index (χ1n) is 17.6. The molecule has 4 heterocycles. The van der Waals surface area contributed by atoms with Gasteiger partial charge < -0.3 is 9.52 Å². The molecule has 265 valence electrons. The van der Waals surface area contributed by atoms with E-state index in [4.69, 9.17) is 9.40 Å². The van der Waals surface area contributed by atoms with Gasteiger partial charge in [0.15, 0.2) is 5.78 Å². The number of thiophene rings is 1. The summed E-state index contributed by atoms with van der Waals surface area (Å²) in [5, 5.41) is 14.0. The van der Waals surface area contributed by atoms with Crippen LogP contribution in [0.1, 0.15) is 84.7 Å². The third-order valence-electron chi connectivity index (χ3n) is 9.13. The second-order valence-corrected chi connectivity index (χ2v) is 15.3. The van der Waals surface area contributed by atoms with Gasteiger partial charge in [0, 0.05) is 70.7 Å². The molecule has 5 nitrogen and oxygen atoms in total. The van der Waals surface area contributed by atoms with Crippen LogP contribution in [-0.2, 0) is 31.3 Å². The van der Waals surface area contributed by atoms with Crippen LogP contribution in [0.5, 0.6) is 0 Å². The Balaban J connectivity index is 0.000000301. The van der Waals surface area contributed by atoms with Crippen LogP contribution in [0.4, 0.5) is 0 Å². The average Bonchev–Trinajstić information content (AvgIpc) is 3.69. The van der Waals surface area contributed by atoms with Gasteiger partial charge in [-0.15, -0.1) is 28.9 Å². The van der Waals surface area contributed by atoms with Crippen molar-refractivity contribution < 1.29 is 34.4 Å². The molecule has 6 rings (SSSR count). The summed E-state index contributed by atoms with van der Waals surface area (Å²) in [6.07, 6.45) is 7.86. The molecule has 0 unspecified atom stereocenters. The summed E-state index contributed by atoms with van der Waals surface area (Å²) >= 11 is 1.86. The maximum atomic E-state index is 11.7. The van der Waals surface area contributed by atoms with Gasteiger partial charge in [-0.05, 0) is 85.7 Å². The van der Waals surface area contributed by atoms with Crippen molar-refractivity contribution in [2.75, 3.05) is 0 Å². The number of ketones is 1. The molecular weight excluding hydrogens is 817 g/mol. The molecule has 0 amide bonds. The molecule has 0 aliphatic heterocycles. The number of allylic oxidation sites excluding steroid dienone is 2. The quantitative estimate of drug-likeness (QED) is 0.0843. The predicted molar refractivity (Wildman–Crippen MR) is 206 cm³/mol. The largest absolute Gasteiger partial charge is 0.512 e. The zero-order valence-corrected chi connectivity index (χ0v) is 33.7. The fourth-order valence-corrected chi connectivity index (χ4v) is 7.65. The number of nitrogens with zero attached hydrogens (tertiary/aromatic N) is 2.